The van der Waals surface area contributed by atoms with Crippen LogP contribution in [0.4, 0.5) is 0 Å². The molecule has 4 heteroatoms. The molecule has 0 radical (unpaired) electrons. The number of fused-ring (bicyclic) bond motifs is 4. The molecule has 47 heavy (non-hydrogen) atoms. The number of hydrogen-bond donors (Lipinski definition) is 0. The number of aromatic nitrogens is 3. The van der Waals surface area contributed by atoms with Gasteiger partial charge in [0.1, 0.15) is 11.2 Å². The van der Waals surface area contributed by atoms with Gasteiger partial charge in [0.25, 0.3) is 0 Å². The Labute approximate surface area is 278 Å². The highest BCUT2D eigenvalue weighted by Gasteiger charge is 2.19. The molecule has 0 atom stereocenters. The van der Waals surface area contributed by atoms with Crippen molar-refractivity contribution in [1.29, 1.82) is 0 Å². The molecule has 0 aliphatic carbocycles. The summed E-state index contributed by atoms with van der Waals surface area (Å²) in [6.07, 6.45) is 0. The maximum atomic E-state index is 8.79. The van der Waals surface area contributed by atoms with Gasteiger partial charge < -0.3 is 4.42 Å². The fraction of sp³-hybridized carbons (Fsp3) is 0. The summed E-state index contributed by atoms with van der Waals surface area (Å²) in [7, 11) is 0. The SMILES string of the molecule is [2H]c1c([2H])c([2H])c(-c2nc(-c3ccc4cc(-c5ccccc5)ccc4c3)nc(-c3cc(-c4ccccc4)cc4oc5ccccc5c34)n2)c([2H])c1[2H]. The molecule has 0 aliphatic heterocycles. The minimum absolute atomic E-state index is 0.0254. The quantitative estimate of drug-likeness (QED) is 0.196. The number of hydrogen-bond acceptors (Lipinski definition) is 4. The van der Waals surface area contributed by atoms with Crippen LogP contribution in [0.2, 0.25) is 0 Å². The van der Waals surface area contributed by atoms with Crippen molar-refractivity contribution in [3.8, 4) is 56.4 Å². The first-order valence-electron chi connectivity index (χ1n) is 17.8. The number of furan rings is 1. The number of benzene rings is 7. The molecule has 0 unspecified atom stereocenters. The lowest BCUT2D eigenvalue weighted by Crippen LogP contribution is -2.00. The van der Waals surface area contributed by atoms with Gasteiger partial charge in [0, 0.05) is 27.5 Å². The molecular formula is C43H27N3O. The predicted molar refractivity (Wildman–Crippen MR) is 192 cm³/mol. The van der Waals surface area contributed by atoms with Crippen LogP contribution < -0.4 is 0 Å². The van der Waals surface area contributed by atoms with Gasteiger partial charge in [-0.2, -0.15) is 0 Å². The van der Waals surface area contributed by atoms with Crippen molar-refractivity contribution in [2.45, 2.75) is 0 Å². The molecule has 2 aromatic heterocycles. The van der Waals surface area contributed by atoms with E-state index in [9.17, 15) is 0 Å². The fourth-order valence-corrected chi connectivity index (χ4v) is 6.12. The molecule has 0 saturated carbocycles. The van der Waals surface area contributed by atoms with Crippen LogP contribution in [-0.2, 0) is 0 Å². The number of nitrogens with zero attached hydrogens (tertiary/aromatic N) is 3. The average molecular weight is 607 g/mol. The summed E-state index contributed by atoms with van der Waals surface area (Å²) in [5.74, 6) is 0.551. The first-order valence-corrected chi connectivity index (χ1v) is 15.3. The molecular weight excluding hydrogens is 574 g/mol. The zero-order valence-corrected chi connectivity index (χ0v) is 25.0. The second kappa shape index (κ2) is 11.2. The van der Waals surface area contributed by atoms with Gasteiger partial charge in [0.15, 0.2) is 17.5 Å². The van der Waals surface area contributed by atoms with Gasteiger partial charge in [-0.1, -0.05) is 133 Å². The smallest absolute Gasteiger partial charge is 0.164 e. The number of rotatable bonds is 5. The third-order valence-electron chi connectivity index (χ3n) is 8.39. The van der Waals surface area contributed by atoms with E-state index in [-0.39, 0.29) is 17.2 Å². The van der Waals surface area contributed by atoms with Crippen LogP contribution in [-0.4, -0.2) is 15.0 Å². The standard InChI is InChI=1S/C43H27N3O/c1-4-12-28(13-5-1)31-20-21-33-25-34(23-22-32(33)24-31)42-44-41(30-16-8-3-9-17-30)45-43(46-42)37-26-35(29-14-6-2-7-15-29)27-39-40(37)36-18-10-11-19-38(36)47-39/h1-27H/i3D,8D,9D,16D,17D. The lowest BCUT2D eigenvalue weighted by atomic mass is 9.98. The summed E-state index contributed by atoms with van der Waals surface area (Å²) < 4.78 is 49.0. The van der Waals surface area contributed by atoms with Gasteiger partial charge in [0.2, 0.25) is 0 Å². The van der Waals surface area contributed by atoms with Gasteiger partial charge in [-0.25, -0.2) is 15.0 Å². The Kier molecular flexibility index (Phi) is 5.28. The van der Waals surface area contributed by atoms with Crippen LogP contribution in [0.25, 0.3) is 89.1 Å². The Balaban J connectivity index is 1.32. The maximum absolute atomic E-state index is 8.79. The minimum atomic E-state index is -0.486. The van der Waals surface area contributed by atoms with Gasteiger partial charge in [-0.15, -0.1) is 0 Å². The largest absolute Gasteiger partial charge is 0.456 e. The van der Waals surface area contributed by atoms with Crippen molar-refractivity contribution < 1.29 is 11.3 Å². The summed E-state index contributed by atoms with van der Waals surface area (Å²) in [4.78, 5) is 14.7. The first kappa shape index (κ1) is 22.2. The maximum Gasteiger partial charge on any atom is 0.164 e. The Morgan fingerprint density at radius 2 is 1.02 bits per heavy atom. The van der Waals surface area contributed by atoms with Crippen molar-refractivity contribution in [3.05, 3.63) is 164 Å². The van der Waals surface area contributed by atoms with E-state index >= 15 is 0 Å². The molecule has 0 spiro atoms. The second-order valence-corrected chi connectivity index (χ2v) is 11.3. The molecule has 0 aliphatic rings. The summed E-state index contributed by atoms with van der Waals surface area (Å²) >= 11 is 0. The summed E-state index contributed by atoms with van der Waals surface area (Å²) in [6.45, 7) is 0. The van der Waals surface area contributed by atoms with Crippen LogP contribution in [0.1, 0.15) is 6.85 Å². The van der Waals surface area contributed by atoms with Crippen LogP contribution in [0, 0.1) is 0 Å². The molecule has 4 nitrogen and oxygen atoms in total. The Morgan fingerprint density at radius 3 is 1.77 bits per heavy atom. The normalized spacial score (nSPS) is 12.9. The van der Waals surface area contributed by atoms with Crippen molar-refractivity contribution in [2.24, 2.45) is 0 Å². The van der Waals surface area contributed by atoms with Crippen LogP contribution >= 0.6 is 0 Å². The summed E-state index contributed by atoms with van der Waals surface area (Å²) in [5, 5.41) is 3.68. The zero-order valence-electron chi connectivity index (χ0n) is 30.0. The molecule has 220 valence electrons. The Morgan fingerprint density at radius 1 is 0.426 bits per heavy atom. The molecule has 0 amide bonds. The van der Waals surface area contributed by atoms with E-state index in [0.29, 0.717) is 28.1 Å². The van der Waals surface area contributed by atoms with Gasteiger partial charge in [-0.3, -0.25) is 0 Å². The molecule has 9 rings (SSSR count). The second-order valence-electron chi connectivity index (χ2n) is 11.3. The molecule has 2 heterocycles. The van der Waals surface area contributed by atoms with Crippen molar-refractivity contribution in [2.75, 3.05) is 0 Å². The van der Waals surface area contributed by atoms with Crippen LogP contribution in [0.5, 0.6) is 0 Å². The monoisotopic (exact) mass is 606 g/mol. The van der Waals surface area contributed by atoms with Gasteiger partial charge in [-0.05, 0) is 63.4 Å². The molecule has 0 bridgehead atoms. The fourth-order valence-electron chi connectivity index (χ4n) is 6.12. The van der Waals surface area contributed by atoms with Crippen molar-refractivity contribution in [3.63, 3.8) is 0 Å². The van der Waals surface area contributed by atoms with Gasteiger partial charge in [0.05, 0.1) is 6.85 Å². The highest BCUT2D eigenvalue weighted by molar-refractivity contribution is 6.13. The average Bonchev–Trinajstić information content (AvgIpc) is 3.58. The molecule has 0 saturated heterocycles. The first-order chi connectivity index (χ1) is 25.3. The highest BCUT2D eigenvalue weighted by Crippen LogP contribution is 2.40. The molecule has 0 N–H and O–H groups in total. The third-order valence-corrected chi connectivity index (χ3v) is 8.39. The van der Waals surface area contributed by atoms with E-state index in [1.165, 1.54) is 0 Å². The Bertz CT molecular complexity index is 2830. The van der Waals surface area contributed by atoms with E-state index in [2.05, 4.69) is 30.3 Å². The highest BCUT2D eigenvalue weighted by atomic mass is 16.3. The number of para-hydroxylation sites is 1. The van der Waals surface area contributed by atoms with Crippen molar-refractivity contribution >= 4 is 32.7 Å². The molecule has 0 fully saturated rings. The third kappa shape index (κ3) is 4.93. The van der Waals surface area contributed by atoms with Crippen LogP contribution in [0.3, 0.4) is 0 Å². The summed E-state index contributed by atoms with van der Waals surface area (Å²) in [6, 6.07) is 41.9. The lowest BCUT2D eigenvalue weighted by Gasteiger charge is -2.12. The lowest BCUT2D eigenvalue weighted by molar-refractivity contribution is 0.669. The van der Waals surface area contributed by atoms with Crippen molar-refractivity contribution in [1.82, 2.24) is 15.0 Å². The van der Waals surface area contributed by atoms with E-state index in [4.69, 9.17) is 26.2 Å². The topological polar surface area (TPSA) is 51.8 Å². The molecule has 9 aromatic rings. The predicted octanol–water partition coefficient (Wildman–Crippen LogP) is 11.3. The molecule has 7 aromatic carbocycles. The van der Waals surface area contributed by atoms with Crippen LogP contribution in [0.15, 0.2) is 168 Å². The summed E-state index contributed by atoms with van der Waals surface area (Å²) in [5.41, 5.74) is 6.66. The Hall–Kier alpha value is -6.39. The van der Waals surface area contributed by atoms with E-state index in [1.54, 1.807) is 0 Å². The van der Waals surface area contributed by atoms with Gasteiger partial charge >= 0.3 is 0 Å². The van der Waals surface area contributed by atoms with E-state index < -0.39 is 30.2 Å². The van der Waals surface area contributed by atoms with E-state index in [1.807, 2.05) is 103 Å². The zero-order chi connectivity index (χ0) is 35.5. The van der Waals surface area contributed by atoms with E-state index in [0.717, 1.165) is 43.8 Å². The minimum Gasteiger partial charge on any atom is -0.456 e.